The van der Waals surface area contributed by atoms with Gasteiger partial charge in [-0.1, -0.05) is 214 Å². The first-order valence-electron chi connectivity index (χ1n) is 34.7. The van der Waals surface area contributed by atoms with Gasteiger partial charge in [-0.15, -0.1) is 0 Å². The molecular weight excluding hydrogens is 1160 g/mol. The van der Waals surface area contributed by atoms with Crippen LogP contribution in [0.4, 0.5) is 102 Å². The summed E-state index contributed by atoms with van der Waals surface area (Å²) in [5, 5.41) is 0. The van der Waals surface area contributed by atoms with Crippen molar-refractivity contribution in [2.75, 3.05) is 29.4 Å². The fourth-order valence-electron chi connectivity index (χ4n) is 17.6. The fraction of sp³-hybridized carbons (Fsp3) is 0.114. The van der Waals surface area contributed by atoms with Gasteiger partial charge < -0.3 is 29.4 Å². The first-order valence-corrected chi connectivity index (χ1v) is 34.7. The van der Waals surface area contributed by atoms with Gasteiger partial charge in [0, 0.05) is 91.0 Å². The molecule has 19 rings (SSSR count). The van der Waals surface area contributed by atoms with E-state index in [0.717, 1.165) is 62.6 Å². The first-order chi connectivity index (χ1) is 47.7. The van der Waals surface area contributed by atoms with E-state index < -0.39 is 0 Å². The number of hydrogen-bond donors (Lipinski definition) is 0. The summed E-state index contributed by atoms with van der Waals surface area (Å²) in [5.74, 6) is 0.966. The van der Waals surface area contributed by atoms with E-state index in [-0.39, 0.29) is 13.4 Å². The largest absolute Gasteiger partial charge is 0.311 e. The molecule has 0 aromatic heterocycles. The van der Waals surface area contributed by atoms with Gasteiger partial charge in [0.05, 0.1) is 11.4 Å². The Balaban J connectivity index is 0.926. The molecule has 96 heavy (non-hydrogen) atoms. The summed E-state index contributed by atoms with van der Waals surface area (Å²) < 4.78 is 0. The zero-order valence-corrected chi connectivity index (χ0v) is 53.7. The van der Waals surface area contributed by atoms with E-state index in [1.54, 1.807) is 0 Å². The van der Waals surface area contributed by atoms with Gasteiger partial charge in [-0.05, 0) is 209 Å². The third-order valence-corrected chi connectivity index (χ3v) is 21.6. The third-order valence-electron chi connectivity index (χ3n) is 21.6. The molecule has 0 unspecified atom stereocenters. The van der Waals surface area contributed by atoms with Gasteiger partial charge in [-0.25, -0.2) is 0 Å². The van der Waals surface area contributed by atoms with E-state index >= 15 is 0 Å². The average Bonchev–Trinajstić information content (AvgIpc) is 0.732. The smallest absolute Gasteiger partial charge is 0.252 e. The molecule has 0 N–H and O–H groups in total. The average molecular weight is 1230 g/mol. The Kier molecular flexibility index (Phi) is 13.7. The van der Waals surface area contributed by atoms with Crippen molar-refractivity contribution in [3.63, 3.8) is 0 Å². The number of nitrogens with zero attached hydrogens (tertiary/aromatic N) is 6. The van der Waals surface area contributed by atoms with Crippen molar-refractivity contribution in [1.82, 2.24) is 0 Å². The van der Waals surface area contributed by atoms with Crippen molar-refractivity contribution in [3.8, 4) is 0 Å². The predicted octanol–water partition coefficient (Wildman–Crippen LogP) is 20.1. The SMILES string of the molecule is c1ccc(N(c2ccccc2)c2cc3c4c(c2)N(c2ccccc2)c2cc5c(cc2B4c2ccccc2N3c2ccccc2)B2c3ccccc3N(c3ccccc3)c3cc(N(c4ccccc4C4CCCC4)c4ccccc4C4CCCC4)cc(c32)N5c2ccccc2)cc1. The lowest BCUT2D eigenvalue weighted by atomic mass is 9.30. The normalized spacial score (nSPS) is 15.0. The number of para-hydroxylation sites is 10. The molecule has 2 fully saturated rings. The molecule has 8 heteroatoms. The van der Waals surface area contributed by atoms with Crippen LogP contribution in [0, 0.1) is 0 Å². The Hall–Kier alpha value is -11.2. The molecule has 0 atom stereocenters. The molecule has 0 spiro atoms. The fourth-order valence-corrected chi connectivity index (χ4v) is 17.6. The Morgan fingerprint density at radius 3 is 0.917 bits per heavy atom. The molecule has 4 heterocycles. The number of fused-ring (bicyclic) bond motifs is 8. The van der Waals surface area contributed by atoms with Crippen molar-refractivity contribution < 1.29 is 0 Å². The highest BCUT2D eigenvalue weighted by Crippen LogP contribution is 2.54. The molecule has 6 nitrogen and oxygen atoms in total. The van der Waals surface area contributed by atoms with Crippen LogP contribution in [0.1, 0.15) is 74.3 Å². The highest BCUT2D eigenvalue weighted by molar-refractivity contribution is 7.03. The minimum absolute atomic E-state index is 0.149. The van der Waals surface area contributed by atoms with Crippen molar-refractivity contribution >= 4 is 149 Å². The minimum atomic E-state index is -0.149. The van der Waals surface area contributed by atoms with E-state index in [4.69, 9.17) is 0 Å². The summed E-state index contributed by atoms with van der Waals surface area (Å²) in [6, 6.07) is 119. The van der Waals surface area contributed by atoms with Crippen LogP contribution in [0.3, 0.4) is 0 Å². The zero-order valence-electron chi connectivity index (χ0n) is 53.7. The van der Waals surface area contributed by atoms with Crippen molar-refractivity contribution in [2.24, 2.45) is 0 Å². The van der Waals surface area contributed by atoms with E-state index in [1.807, 2.05) is 0 Å². The van der Waals surface area contributed by atoms with Crippen LogP contribution in [0.15, 0.2) is 315 Å². The van der Waals surface area contributed by atoms with Gasteiger partial charge >= 0.3 is 0 Å². The van der Waals surface area contributed by atoms with Crippen LogP contribution in [-0.4, -0.2) is 13.4 Å². The highest BCUT2D eigenvalue weighted by atomic mass is 15.2. The number of anilines is 18. The standard InChI is InChI=1S/C88H70B2N6/c1-7-35-63(36-8-1)91(64-37-9-2-10-38-64)69-55-83-87-85(56-69)94(67-43-15-5-16-44-67)81-60-82-76(59-75(81)89(87)73-49-25-29-53-79(73)92(83)65-39-11-3-12-40-65)90-74-50-26-30-54-80(74)93(66-41-13-4-14-42-66)84-57-70(58-86(88(84)90)95(82)68-45-17-6-18-46-68)96(77-51-27-23-47-71(77)61-31-19-20-32-61)78-52-28-24-48-72(78)62-33-21-22-34-62/h1-18,23-30,35-62H,19-22,31-34H2. The Morgan fingerprint density at radius 2 is 0.542 bits per heavy atom. The Bertz CT molecular complexity index is 4980. The molecule has 13 aromatic rings. The van der Waals surface area contributed by atoms with Crippen LogP contribution >= 0.6 is 0 Å². The molecule has 0 amide bonds. The lowest BCUT2D eigenvalue weighted by Crippen LogP contribution is -2.65. The summed E-state index contributed by atoms with van der Waals surface area (Å²) in [6.07, 6.45) is 9.87. The van der Waals surface area contributed by atoms with Crippen molar-refractivity contribution in [3.05, 3.63) is 327 Å². The molecule has 6 aliphatic rings. The molecule has 0 bridgehead atoms. The monoisotopic (exact) mass is 1230 g/mol. The Labute approximate surface area is 564 Å². The van der Waals surface area contributed by atoms with Gasteiger partial charge in [0.1, 0.15) is 0 Å². The Morgan fingerprint density at radius 1 is 0.240 bits per heavy atom. The van der Waals surface area contributed by atoms with Gasteiger partial charge in [0.2, 0.25) is 0 Å². The predicted molar refractivity (Wildman–Crippen MR) is 406 cm³/mol. The van der Waals surface area contributed by atoms with Gasteiger partial charge in [-0.2, -0.15) is 0 Å². The van der Waals surface area contributed by atoms with Crippen LogP contribution in [0.25, 0.3) is 0 Å². The van der Waals surface area contributed by atoms with E-state index in [0.29, 0.717) is 11.8 Å². The molecular formula is C88H70B2N6. The molecule has 4 aliphatic heterocycles. The maximum atomic E-state index is 2.71. The third kappa shape index (κ3) is 9.09. The van der Waals surface area contributed by atoms with Crippen LogP contribution in [-0.2, 0) is 0 Å². The summed E-state index contributed by atoms with van der Waals surface area (Å²) >= 11 is 0. The topological polar surface area (TPSA) is 19.4 Å². The summed E-state index contributed by atoms with van der Waals surface area (Å²) in [4.78, 5) is 15.5. The van der Waals surface area contributed by atoms with Crippen molar-refractivity contribution in [1.29, 1.82) is 0 Å². The number of rotatable bonds is 12. The minimum Gasteiger partial charge on any atom is -0.311 e. The van der Waals surface area contributed by atoms with Gasteiger partial charge in [-0.3, -0.25) is 0 Å². The second-order valence-corrected chi connectivity index (χ2v) is 26.9. The van der Waals surface area contributed by atoms with Gasteiger partial charge in [0.15, 0.2) is 0 Å². The molecule has 0 saturated heterocycles. The lowest BCUT2D eigenvalue weighted by Gasteiger charge is -2.48. The number of hydrogen-bond acceptors (Lipinski definition) is 6. The van der Waals surface area contributed by atoms with Crippen molar-refractivity contribution in [2.45, 2.75) is 63.2 Å². The van der Waals surface area contributed by atoms with E-state index in [9.17, 15) is 0 Å². The quantitative estimate of drug-likeness (QED) is 0.113. The second kappa shape index (κ2) is 23.4. The maximum Gasteiger partial charge on any atom is 0.252 e. The molecule has 0 radical (unpaired) electrons. The lowest BCUT2D eigenvalue weighted by molar-refractivity contribution is 0.718. The van der Waals surface area contributed by atoms with Crippen LogP contribution in [0.5, 0.6) is 0 Å². The van der Waals surface area contributed by atoms with E-state index in [1.165, 1.54) is 135 Å². The van der Waals surface area contributed by atoms with Crippen LogP contribution in [0.2, 0.25) is 0 Å². The number of benzene rings is 13. The van der Waals surface area contributed by atoms with E-state index in [2.05, 4.69) is 345 Å². The van der Waals surface area contributed by atoms with Gasteiger partial charge in [0.25, 0.3) is 13.4 Å². The molecule has 458 valence electrons. The second-order valence-electron chi connectivity index (χ2n) is 26.9. The molecule has 13 aromatic carbocycles. The summed E-state index contributed by atoms with van der Waals surface area (Å²) in [6.45, 7) is -0.298. The molecule has 2 saturated carbocycles. The van der Waals surface area contributed by atoms with Crippen LogP contribution < -0.4 is 62.2 Å². The molecule has 2 aliphatic carbocycles. The zero-order chi connectivity index (χ0) is 63.2. The summed E-state index contributed by atoms with van der Waals surface area (Å²) in [5.41, 5.74) is 31.4. The summed E-state index contributed by atoms with van der Waals surface area (Å²) in [7, 11) is 0. The first kappa shape index (κ1) is 56.3. The maximum absolute atomic E-state index is 2.71. The highest BCUT2D eigenvalue weighted by Gasteiger charge is 2.49.